The normalized spacial score (nSPS) is 24.7. The summed E-state index contributed by atoms with van der Waals surface area (Å²) in [5.74, 6) is -1.17. The van der Waals surface area contributed by atoms with E-state index in [1.807, 2.05) is 33.8 Å². The molecular formula is C32H43FN2O4. The largest absolute Gasteiger partial charge is 0.490 e. The van der Waals surface area contributed by atoms with E-state index in [4.69, 9.17) is 8.85 Å². The highest BCUT2D eigenvalue weighted by Gasteiger charge is 2.40. The number of carbonyl (C=O) groups is 2. The van der Waals surface area contributed by atoms with E-state index in [0.717, 1.165) is 0 Å². The zero-order chi connectivity index (χ0) is 31.2. The van der Waals surface area contributed by atoms with Crippen LogP contribution in [0.4, 0.5) is 4.39 Å². The predicted octanol–water partition coefficient (Wildman–Crippen LogP) is 6.12. The molecule has 6 nitrogen and oxygen atoms in total. The number of hydrogen-bond donors (Lipinski definition) is 2. The quantitative estimate of drug-likeness (QED) is 0.421. The van der Waals surface area contributed by atoms with Gasteiger partial charge in [0.15, 0.2) is 0 Å². The monoisotopic (exact) mass is 541 g/mol. The van der Waals surface area contributed by atoms with Crippen LogP contribution < -0.4 is 10.1 Å². The molecule has 3 atom stereocenters. The minimum atomic E-state index is -2.35. The maximum Gasteiger partial charge on any atom is 0.313 e. The van der Waals surface area contributed by atoms with E-state index in [-0.39, 0.29) is 35.2 Å². The van der Waals surface area contributed by atoms with Crippen molar-refractivity contribution in [2.45, 2.75) is 96.7 Å². The molecule has 2 aromatic carbocycles. The lowest BCUT2D eigenvalue weighted by Crippen LogP contribution is -2.45. The van der Waals surface area contributed by atoms with Crippen molar-refractivity contribution in [1.29, 1.82) is 0 Å². The van der Waals surface area contributed by atoms with Crippen LogP contribution in [-0.4, -0.2) is 53.6 Å². The molecule has 1 saturated heterocycles. The van der Waals surface area contributed by atoms with Crippen LogP contribution in [0, 0.1) is 11.2 Å². The zero-order valence-electron chi connectivity index (χ0n) is 26.8. The number of nitrogens with zero attached hydrogens (tertiary/aromatic N) is 1. The van der Waals surface area contributed by atoms with Crippen LogP contribution in [0.2, 0.25) is 0 Å². The van der Waals surface area contributed by atoms with Gasteiger partial charge in [0, 0.05) is 28.7 Å². The maximum atomic E-state index is 15.0. The fourth-order valence-corrected chi connectivity index (χ4v) is 5.87. The molecular weight excluding hydrogens is 495 g/mol. The molecule has 1 heterocycles. The number of rotatable bonds is 8. The average Bonchev–Trinajstić information content (AvgIpc) is 3.46. The van der Waals surface area contributed by atoms with Gasteiger partial charge in [-0.1, -0.05) is 45.9 Å². The number of nitrogens with one attached hydrogen (secondary N) is 1. The number of likely N-dealkylation sites (N-methyl/N-ethyl adjacent to an activating group) is 1. The topological polar surface area (TPSA) is 78.9 Å². The zero-order valence-corrected chi connectivity index (χ0v) is 23.8. The summed E-state index contributed by atoms with van der Waals surface area (Å²) in [6.45, 7) is 9.02. The lowest BCUT2D eigenvalue weighted by Gasteiger charge is -2.25. The molecule has 0 aromatic heterocycles. The number of carboxylic acid groups (broad SMARTS) is 1. The van der Waals surface area contributed by atoms with E-state index in [2.05, 4.69) is 5.32 Å². The van der Waals surface area contributed by atoms with Crippen molar-refractivity contribution >= 4 is 11.9 Å². The first-order chi connectivity index (χ1) is 19.4. The molecule has 2 aliphatic rings. The van der Waals surface area contributed by atoms with Gasteiger partial charge in [-0.25, -0.2) is 4.39 Å². The summed E-state index contributed by atoms with van der Waals surface area (Å²) in [6.07, 6.45) is 2.13. The average molecular weight is 542 g/mol. The standard InChI is InChI=1S/C32H43FN2O4/c1-19(2)28-23(9-8-10-25(28)33)24-15-20(32(5,6)30(37)38)11-14-27(24)39-22-13-12-21(16-22)34-29(36)26-17-31(3,4)18-35(26)7/h8-11,14-15,19,21-22,26H,12-13,16-18H2,1-7H3,(H,34,36)(H,37,38)/t21-,22-,26+/m1/s1/i7D3. The SMILES string of the molecule is [2H]C([2H])([2H])N1CC(C)(C)C[C@H]1C(=O)N[C@@H]1CC[C@@H](Oc2ccc(C(C)(C)C(=O)O)cc2-c2cccc(F)c2C(C)C)C1. The molecule has 2 N–H and O–H groups in total. The lowest BCUT2D eigenvalue weighted by atomic mass is 9.82. The highest BCUT2D eigenvalue weighted by atomic mass is 19.1. The Morgan fingerprint density at radius 1 is 1.21 bits per heavy atom. The van der Waals surface area contributed by atoms with Gasteiger partial charge < -0.3 is 15.2 Å². The number of likely N-dealkylation sites (tertiary alicyclic amines) is 1. The molecule has 1 aliphatic heterocycles. The number of benzene rings is 2. The Morgan fingerprint density at radius 3 is 2.62 bits per heavy atom. The third-order valence-corrected chi connectivity index (χ3v) is 8.20. The molecule has 2 aromatic rings. The fourth-order valence-electron chi connectivity index (χ4n) is 5.87. The number of amides is 1. The number of carbonyl (C=O) groups excluding carboxylic acids is 1. The van der Waals surface area contributed by atoms with Gasteiger partial charge in [0.1, 0.15) is 17.7 Å². The van der Waals surface area contributed by atoms with Crippen LogP contribution >= 0.6 is 0 Å². The first-order valence-corrected chi connectivity index (χ1v) is 13.8. The highest BCUT2D eigenvalue weighted by molar-refractivity contribution is 5.83. The number of aliphatic carboxylic acids is 1. The van der Waals surface area contributed by atoms with Crippen LogP contribution in [-0.2, 0) is 15.0 Å². The molecule has 1 aliphatic carbocycles. The third kappa shape index (κ3) is 6.13. The Bertz CT molecular complexity index is 1340. The van der Waals surface area contributed by atoms with E-state index in [1.54, 1.807) is 38.1 Å². The van der Waals surface area contributed by atoms with Crippen molar-refractivity contribution < 1.29 is 27.9 Å². The van der Waals surface area contributed by atoms with Crippen LogP contribution in [0.3, 0.4) is 0 Å². The molecule has 1 amide bonds. The Hall–Kier alpha value is -2.93. The maximum absolute atomic E-state index is 15.0. The molecule has 4 rings (SSSR count). The first-order valence-electron chi connectivity index (χ1n) is 15.3. The Balaban J connectivity index is 1.57. The molecule has 2 fully saturated rings. The van der Waals surface area contributed by atoms with Gasteiger partial charge in [-0.3, -0.25) is 14.5 Å². The Morgan fingerprint density at radius 2 is 1.95 bits per heavy atom. The van der Waals surface area contributed by atoms with E-state index in [9.17, 15) is 14.7 Å². The Kier molecular flexibility index (Phi) is 7.02. The minimum Gasteiger partial charge on any atom is -0.490 e. The second-order valence-corrected chi connectivity index (χ2v) is 12.8. The molecule has 0 unspecified atom stereocenters. The van der Waals surface area contributed by atoms with Gasteiger partial charge in [0.25, 0.3) is 0 Å². The molecule has 7 heteroatoms. The van der Waals surface area contributed by atoms with Crippen LogP contribution in [0.15, 0.2) is 36.4 Å². The second-order valence-electron chi connectivity index (χ2n) is 12.8. The van der Waals surface area contributed by atoms with Crippen LogP contribution in [0.1, 0.15) is 88.4 Å². The van der Waals surface area contributed by atoms with E-state index in [0.29, 0.717) is 60.2 Å². The molecule has 0 radical (unpaired) electrons. The third-order valence-electron chi connectivity index (χ3n) is 8.20. The van der Waals surface area contributed by atoms with Crippen molar-refractivity contribution in [3.8, 4) is 16.9 Å². The summed E-state index contributed by atoms with van der Waals surface area (Å²) in [4.78, 5) is 26.6. The predicted molar refractivity (Wildman–Crippen MR) is 152 cm³/mol. The van der Waals surface area contributed by atoms with Gasteiger partial charge in [0.05, 0.1) is 11.5 Å². The number of ether oxygens (including phenoxy) is 1. The van der Waals surface area contributed by atoms with Crippen molar-refractivity contribution in [3.63, 3.8) is 0 Å². The molecule has 212 valence electrons. The van der Waals surface area contributed by atoms with E-state index < -0.39 is 24.4 Å². The second kappa shape index (κ2) is 10.9. The van der Waals surface area contributed by atoms with Gasteiger partial charge in [-0.2, -0.15) is 0 Å². The smallest absolute Gasteiger partial charge is 0.313 e. The van der Waals surface area contributed by atoms with Crippen molar-refractivity contribution in [2.75, 3.05) is 13.5 Å². The number of hydrogen-bond acceptors (Lipinski definition) is 4. The molecule has 39 heavy (non-hydrogen) atoms. The van der Waals surface area contributed by atoms with Gasteiger partial charge >= 0.3 is 5.97 Å². The van der Waals surface area contributed by atoms with E-state index >= 15 is 4.39 Å². The van der Waals surface area contributed by atoms with Gasteiger partial charge in [-0.15, -0.1) is 0 Å². The lowest BCUT2D eigenvalue weighted by molar-refractivity contribution is -0.142. The molecule has 0 spiro atoms. The molecule has 0 bridgehead atoms. The fraction of sp³-hybridized carbons (Fsp3) is 0.562. The van der Waals surface area contributed by atoms with Crippen molar-refractivity contribution in [2.24, 2.45) is 5.41 Å². The van der Waals surface area contributed by atoms with Crippen molar-refractivity contribution in [3.05, 3.63) is 53.3 Å². The summed E-state index contributed by atoms with van der Waals surface area (Å²) in [5.41, 5.74) is 0.937. The van der Waals surface area contributed by atoms with E-state index in [1.165, 1.54) is 11.0 Å². The summed E-state index contributed by atoms with van der Waals surface area (Å²) in [7, 11) is 0. The summed E-state index contributed by atoms with van der Waals surface area (Å²) in [6, 6.07) is 9.28. The summed E-state index contributed by atoms with van der Waals surface area (Å²) < 4.78 is 45.2. The van der Waals surface area contributed by atoms with Crippen LogP contribution in [0.5, 0.6) is 5.75 Å². The van der Waals surface area contributed by atoms with Crippen molar-refractivity contribution in [1.82, 2.24) is 10.2 Å². The minimum absolute atomic E-state index is 0.119. The first kappa shape index (κ1) is 25.1. The summed E-state index contributed by atoms with van der Waals surface area (Å²) >= 11 is 0. The van der Waals surface area contributed by atoms with Gasteiger partial charge in [-0.05, 0) is 86.3 Å². The van der Waals surface area contributed by atoms with Gasteiger partial charge in [0.2, 0.25) is 5.91 Å². The summed E-state index contributed by atoms with van der Waals surface area (Å²) in [5, 5.41) is 12.9. The number of halogens is 1. The van der Waals surface area contributed by atoms with Crippen LogP contribution in [0.25, 0.3) is 11.1 Å². The molecule has 1 saturated carbocycles. The number of carboxylic acids is 1. The Labute approximate surface area is 236 Å². The highest BCUT2D eigenvalue weighted by Crippen LogP contribution is 2.41.